The fourth-order valence-electron chi connectivity index (χ4n) is 3.59. The minimum absolute atomic E-state index is 0.418. The molecule has 1 rings (SSSR count). The van der Waals surface area contributed by atoms with Crippen molar-refractivity contribution in [2.24, 2.45) is 11.3 Å². The van der Waals surface area contributed by atoms with E-state index >= 15 is 0 Å². The first kappa shape index (κ1) is 18.2. The van der Waals surface area contributed by atoms with Crippen molar-refractivity contribution >= 4 is 28.6 Å². The average molecular weight is 394 g/mol. The highest BCUT2D eigenvalue weighted by Gasteiger charge is 2.44. The predicted molar refractivity (Wildman–Crippen MR) is 93.5 cm³/mol. The second-order valence-electron chi connectivity index (χ2n) is 6.45. The van der Waals surface area contributed by atoms with Gasteiger partial charge in [-0.3, -0.25) is 4.79 Å². The van der Waals surface area contributed by atoms with E-state index in [1.165, 1.54) is 51.4 Å². The van der Waals surface area contributed by atoms with E-state index in [0.717, 1.165) is 30.1 Å². The van der Waals surface area contributed by atoms with Crippen LogP contribution in [0.3, 0.4) is 0 Å². The molecule has 118 valence electrons. The number of halogens is 1. The fraction of sp³-hybridized carbons (Fsp3) is 0.941. The first-order valence-corrected chi connectivity index (χ1v) is 9.99. The molecule has 1 saturated carbocycles. The molecule has 0 aliphatic heterocycles. The Balaban J connectivity index is 2.48. The van der Waals surface area contributed by atoms with Crippen molar-refractivity contribution in [1.29, 1.82) is 0 Å². The number of carboxylic acids is 1. The number of aliphatic carboxylic acids is 1. The molecule has 20 heavy (non-hydrogen) atoms. The van der Waals surface area contributed by atoms with Crippen LogP contribution < -0.4 is 0 Å². The molecule has 1 aliphatic rings. The van der Waals surface area contributed by atoms with Gasteiger partial charge in [-0.25, -0.2) is 0 Å². The summed E-state index contributed by atoms with van der Waals surface area (Å²) >= 11 is 2.31. The van der Waals surface area contributed by atoms with Gasteiger partial charge in [-0.1, -0.05) is 87.3 Å². The van der Waals surface area contributed by atoms with Crippen molar-refractivity contribution in [2.75, 3.05) is 4.43 Å². The third kappa shape index (κ3) is 5.19. The number of rotatable bonds is 10. The van der Waals surface area contributed by atoms with Gasteiger partial charge in [0.2, 0.25) is 0 Å². The summed E-state index contributed by atoms with van der Waals surface area (Å²) in [4.78, 5) is 11.9. The summed E-state index contributed by atoms with van der Waals surface area (Å²) in [5.74, 6) is -0.117. The van der Waals surface area contributed by atoms with E-state index in [1.807, 2.05) is 0 Å². The van der Waals surface area contributed by atoms with Crippen LogP contribution in [0.15, 0.2) is 0 Å². The minimum Gasteiger partial charge on any atom is -0.481 e. The first-order valence-electron chi connectivity index (χ1n) is 8.46. The molecule has 0 heterocycles. The highest BCUT2D eigenvalue weighted by molar-refractivity contribution is 14.1. The molecule has 0 radical (unpaired) electrons. The third-order valence-corrected chi connectivity index (χ3v) is 6.39. The molecule has 3 heteroatoms. The Morgan fingerprint density at radius 1 is 1.10 bits per heavy atom. The summed E-state index contributed by atoms with van der Waals surface area (Å²) in [6, 6.07) is 0. The quantitative estimate of drug-likeness (QED) is 0.288. The largest absolute Gasteiger partial charge is 0.481 e. The summed E-state index contributed by atoms with van der Waals surface area (Å²) in [6.07, 6.45) is 14.4. The van der Waals surface area contributed by atoms with E-state index in [-0.39, 0.29) is 0 Å². The van der Waals surface area contributed by atoms with Gasteiger partial charge in [0.05, 0.1) is 5.41 Å². The lowest BCUT2D eigenvalue weighted by molar-refractivity contribution is -0.152. The van der Waals surface area contributed by atoms with Gasteiger partial charge in [0, 0.05) is 4.43 Å². The van der Waals surface area contributed by atoms with Crippen LogP contribution in [0, 0.1) is 11.3 Å². The average Bonchev–Trinajstić information content (AvgIpc) is 2.47. The maximum absolute atomic E-state index is 11.9. The summed E-state index contributed by atoms with van der Waals surface area (Å²) in [6.45, 7) is 2.23. The second kappa shape index (κ2) is 10.0. The lowest BCUT2D eigenvalue weighted by atomic mass is 9.67. The zero-order valence-corrected chi connectivity index (χ0v) is 15.2. The summed E-state index contributed by atoms with van der Waals surface area (Å²) in [7, 11) is 0. The Morgan fingerprint density at radius 2 is 1.70 bits per heavy atom. The topological polar surface area (TPSA) is 37.3 Å². The third-order valence-electron chi connectivity index (χ3n) is 5.03. The molecule has 0 aromatic rings. The van der Waals surface area contributed by atoms with Crippen molar-refractivity contribution in [1.82, 2.24) is 0 Å². The van der Waals surface area contributed by atoms with Crippen LogP contribution in [0.4, 0.5) is 0 Å². The molecule has 0 amide bonds. The molecule has 0 aromatic carbocycles. The summed E-state index contributed by atoms with van der Waals surface area (Å²) in [5.41, 5.74) is -0.439. The summed E-state index contributed by atoms with van der Waals surface area (Å²) < 4.78 is 0.778. The van der Waals surface area contributed by atoms with Crippen LogP contribution in [-0.4, -0.2) is 15.5 Å². The Hall–Kier alpha value is 0.200. The van der Waals surface area contributed by atoms with E-state index < -0.39 is 11.4 Å². The maximum Gasteiger partial charge on any atom is 0.310 e. The van der Waals surface area contributed by atoms with Crippen LogP contribution >= 0.6 is 22.6 Å². The molecule has 1 unspecified atom stereocenters. The summed E-state index contributed by atoms with van der Waals surface area (Å²) in [5, 5.41) is 9.81. The predicted octanol–water partition coefficient (Wildman–Crippen LogP) is 5.82. The molecular weight excluding hydrogens is 363 g/mol. The Bertz CT molecular complexity index is 274. The van der Waals surface area contributed by atoms with Gasteiger partial charge in [0.1, 0.15) is 0 Å². The van der Waals surface area contributed by atoms with Crippen molar-refractivity contribution in [3.05, 3.63) is 0 Å². The van der Waals surface area contributed by atoms with E-state index in [1.54, 1.807) is 0 Å². The molecule has 0 spiro atoms. The highest BCUT2D eigenvalue weighted by atomic mass is 127. The van der Waals surface area contributed by atoms with E-state index in [2.05, 4.69) is 29.5 Å². The van der Waals surface area contributed by atoms with Gasteiger partial charge in [-0.2, -0.15) is 0 Å². The van der Waals surface area contributed by atoms with E-state index in [9.17, 15) is 9.90 Å². The maximum atomic E-state index is 11.9. The highest BCUT2D eigenvalue weighted by Crippen LogP contribution is 2.44. The van der Waals surface area contributed by atoms with Crippen molar-refractivity contribution in [3.63, 3.8) is 0 Å². The van der Waals surface area contributed by atoms with Crippen LogP contribution in [0.2, 0.25) is 0 Å². The molecule has 1 atom stereocenters. The molecule has 1 fully saturated rings. The monoisotopic (exact) mass is 394 g/mol. The molecule has 0 aromatic heterocycles. The van der Waals surface area contributed by atoms with Gasteiger partial charge in [0.15, 0.2) is 0 Å². The van der Waals surface area contributed by atoms with Gasteiger partial charge in [-0.15, -0.1) is 0 Å². The Labute approximate surface area is 138 Å². The lowest BCUT2D eigenvalue weighted by Gasteiger charge is -2.38. The fourth-order valence-corrected chi connectivity index (χ4v) is 4.93. The number of hydrogen-bond donors (Lipinski definition) is 1. The number of carbonyl (C=O) groups is 1. The molecule has 2 nitrogen and oxygen atoms in total. The normalized spacial score (nSPS) is 19.7. The molecule has 1 N–H and O–H groups in total. The van der Waals surface area contributed by atoms with Crippen LogP contribution in [0.5, 0.6) is 0 Å². The Kier molecular flexibility index (Phi) is 9.14. The van der Waals surface area contributed by atoms with Crippen molar-refractivity contribution < 1.29 is 9.90 Å². The number of alkyl halides is 1. The number of carboxylic acid groups (broad SMARTS) is 1. The number of unbranched alkanes of at least 4 members (excludes halogenated alkanes) is 5. The molecule has 0 saturated heterocycles. The minimum atomic E-state index is -0.535. The van der Waals surface area contributed by atoms with Crippen LogP contribution in [-0.2, 0) is 4.79 Å². The van der Waals surface area contributed by atoms with Crippen LogP contribution in [0.1, 0.15) is 84.0 Å². The smallest absolute Gasteiger partial charge is 0.310 e. The van der Waals surface area contributed by atoms with Gasteiger partial charge in [-0.05, 0) is 25.2 Å². The zero-order chi connectivity index (χ0) is 14.8. The molecule has 1 aliphatic carbocycles. The van der Waals surface area contributed by atoms with Gasteiger partial charge in [0.25, 0.3) is 0 Å². The number of hydrogen-bond acceptors (Lipinski definition) is 1. The van der Waals surface area contributed by atoms with E-state index in [0.29, 0.717) is 5.92 Å². The van der Waals surface area contributed by atoms with E-state index in [4.69, 9.17) is 0 Å². The molecular formula is C17H31IO2. The SMILES string of the molecule is CCCCCCCCC(CI)(C(=O)O)C1CCCCC1. The molecule has 0 bridgehead atoms. The Morgan fingerprint density at radius 3 is 2.25 bits per heavy atom. The van der Waals surface area contributed by atoms with Crippen molar-refractivity contribution in [2.45, 2.75) is 84.0 Å². The zero-order valence-electron chi connectivity index (χ0n) is 13.0. The standard InChI is InChI=1S/C17H31IO2/c1-2-3-4-5-6-10-13-17(14-18,16(19)20)15-11-8-7-9-12-15/h15H,2-14H2,1H3,(H,19,20). The second-order valence-corrected chi connectivity index (χ2v) is 7.21. The van der Waals surface area contributed by atoms with Gasteiger partial charge < -0.3 is 5.11 Å². The first-order chi connectivity index (χ1) is 9.67. The lowest BCUT2D eigenvalue weighted by Crippen LogP contribution is -2.41. The van der Waals surface area contributed by atoms with Gasteiger partial charge >= 0.3 is 5.97 Å². The van der Waals surface area contributed by atoms with Crippen LogP contribution in [0.25, 0.3) is 0 Å². The van der Waals surface area contributed by atoms with Crippen molar-refractivity contribution in [3.8, 4) is 0 Å².